The van der Waals surface area contributed by atoms with Gasteiger partial charge in [-0.25, -0.2) is 4.39 Å². The van der Waals surface area contributed by atoms with Gasteiger partial charge < -0.3 is 18.9 Å². The average Bonchev–Trinajstić information content (AvgIpc) is 2.83. The Morgan fingerprint density at radius 3 is 2.12 bits per heavy atom. The van der Waals surface area contributed by atoms with Gasteiger partial charge in [0.25, 0.3) is 0 Å². The van der Waals surface area contributed by atoms with Crippen LogP contribution in [0.5, 0.6) is 5.75 Å². The summed E-state index contributed by atoms with van der Waals surface area (Å²) in [5.41, 5.74) is 0.466. The van der Waals surface area contributed by atoms with Crippen molar-refractivity contribution in [2.45, 2.75) is 83.5 Å². The first-order chi connectivity index (χ1) is 15.6. The molecule has 1 aliphatic carbocycles. The largest absolute Gasteiger partial charge is 0.491 e. The van der Waals surface area contributed by atoms with Crippen LogP contribution in [0.1, 0.15) is 76.7 Å². The van der Waals surface area contributed by atoms with Gasteiger partial charge >= 0.3 is 0 Å². The molecule has 0 spiro atoms. The first-order valence-corrected chi connectivity index (χ1v) is 12.6. The van der Waals surface area contributed by atoms with Crippen molar-refractivity contribution in [3.63, 3.8) is 0 Å². The van der Waals surface area contributed by atoms with Gasteiger partial charge in [0.15, 0.2) is 17.9 Å². The third-order valence-electron chi connectivity index (χ3n) is 7.61. The van der Waals surface area contributed by atoms with Gasteiger partial charge in [-0.05, 0) is 75.3 Å². The van der Waals surface area contributed by atoms with Crippen LogP contribution in [0.25, 0.3) is 0 Å². The van der Waals surface area contributed by atoms with Gasteiger partial charge in [-0.2, -0.15) is 4.39 Å². The molecule has 1 saturated carbocycles. The maximum absolute atomic E-state index is 14.6. The van der Waals surface area contributed by atoms with E-state index >= 15 is 0 Å². The van der Waals surface area contributed by atoms with Crippen LogP contribution in [-0.4, -0.2) is 38.8 Å². The van der Waals surface area contributed by atoms with Crippen molar-refractivity contribution >= 4 is 0 Å². The normalized spacial score (nSPS) is 33.8. The molecule has 2 unspecified atom stereocenters. The summed E-state index contributed by atoms with van der Waals surface area (Å²) >= 11 is 0. The third kappa shape index (κ3) is 5.45. The SMILES string of the molecule is CCCC1CCC(C2COC(C3CCC(c4ccc(OCC)c(F)c4F)CC3)OC2)CO1. The Balaban J connectivity index is 1.23. The maximum atomic E-state index is 14.6. The number of halogens is 2. The summed E-state index contributed by atoms with van der Waals surface area (Å²) in [6.45, 7) is 6.57. The molecule has 0 bridgehead atoms. The van der Waals surface area contributed by atoms with Gasteiger partial charge in [0.2, 0.25) is 5.82 Å². The van der Waals surface area contributed by atoms with Crippen molar-refractivity contribution in [3.8, 4) is 5.75 Å². The molecule has 2 heterocycles. The van der Waals surface area contributed by atoms with E-state index in [1.54, 1.807) is 19.1 Å². The van der Waals surface area contributed by atoms with Crippen LogP contribution < -0.4 is 4.74 Å². The zero-order valence-corrected chi connectivity index (χ0v) is 19.5. The highest BCUT2D eigenvalue weighted by molar-refractivity contribution is 5.33. The fourth-order valence-corrected chi connectivity index (χ4v) is 5.66. The molecule has 0 N–H and O–H groups in total. The van der Waals surface area contributed by atoms with Crippen molar-refractivity contribution in [3.05, 3.63) is 29.3 Å². The monoisotopic (exact) mass is 452 g/mol. The molecule has 0 aromatic heterocycles. The van der Waals surface area contributed by atoms with Crippen LogP contribution in [0.2, 0.25) is 0 Å². The lowest BCUT2D eigenvalue weighted by Gasteiger charge is -2.41. The van der Waals surface area contributed by atoms with Crippen LogP contribution in [0, 0.1) is 29.4 Å². The summed E-state index contributed by atoms with van der Waals surface area (Å²) in [7, 11) is 0. The van der Waals surface area contributed by atoms with E-state index in [1.807, 2.05) is 0 Å². The van der Waals surface area contributed by atoms with E-state index in [-0.39, 0.29) is 18.0 Å². The van der Waals surface area contributed by atoms with E-state index in [2.05, 4.69) is 6.92 Å². The zero-order chi connectivity index (χ0) is 22.5. The molecule has 3 aliphatic rings. The van der Waals surface area contributed by atoms with E-state index in [9.17, 15) is 8.78 Å². The van der Waals surface area contributed by atoms with Crippen molar-refractivity contribution in [2.24, 2.45) is 17.8 Å². The highest BCUT2D eigenvalue weighted by atomic mass is 19.2. The molecule has 4 nitrogen and oxygen atoms in total. The van der Waals surface area contributed by atoms with Crippen molar-refractivity contribution < 1.29 is 27.7 Å². The van der Waals surface area contributed by atoms with Crippen LogP contribution in [0.15, 0.2) is 12.1 Å². The molecular formula is C26H38F2O4. The molecule has 4 rings (SSSR count). The fourth-order valence-electron chi connectivity index (χ4n) is 5.66. The molecule has 2 atom stereocenters. The van der Waals surface area contributed by atoms with E-state index in [4.69, 9.17) is 18.9 Å². The van der Waals surface area contributed by atoms with E-state index < -0.39 is 11.6 Å². The summed E-state index contributed by atoms with van der Waals surface area (Å²) < 4.78 is 52.4. The summed E-state index contributed by atoms with van der Waals surface area (Å²) in [5.74, 6) is -0.358. The fraction of sp³-hybridized carbons (Fsp3) is 0.769. The van der Waals surface area contributed by atoms with Gasteiger partial charge in [-0.1, -0.05) is 19.4 Å². The van der Waals surface area contributed by atoms with E-state index in [0.717, 1.165) is 58.3 Å². The minimum Gasteiger partial charge on any atom is -0.491 e. The Hall–Kier alpha value is -1.24. The van der Waals surface area contributed by atoms with Gasteiger partial charge in [-0.15, -0.1) is 0 Å². The number of benzene rings is 1. The van der Waals surface area contributed by atoms with Crippen molar-refractivity contribution in [2.75, 3.05) is 26.4 Å². The quantitative estimate of drug-likeness (QED) is 0.492. The second kappa shape index (κ2) is 11.3. The molecule has 0 radical (unpaired) electrons. The number of ether oxygens (including phenoxy) is 4. The highest BCUT2D eigenvalue weighted by Crippen LogP contribution is 2.41. The summed E-state index contributed by atoms with van der Waals surface area (Å²) in [6, 6.07) is 3.24. The predicted octanol–water partition coefficient (Wildman–Crippen LogP) is 6.22. The minimum atomic E-state index is -0.871. The lowest BCUT2D eigenvalue weighted by Crippen LogP contribution is -2.43. The second-order valence-electron chi connectivity index (χ2n) is 9.70. The van der Waals surface area contributed by atoms with Crippen LogP contribution in [0.3, 0.4) is 0 Å². The number of hydrogen-bond acceptors (Lipinski definition) is 4. The van der Waals surface area contributed by atoms with E-state index in [1.165, 1.54) is 12.8 Å². The minimum absolute atomic E-state index is 0.00903. The Kier molecular flexibility index (Phi) is 8.41. The standard InChI is InChI=1S/C26H38F2O4/c1-3-5-21-11-10-19(14-30-21)20-15-31-26(32-16-20)18-8-6-17(7-9-18)22-12-13-23(29-4-2)25(28)24(22)27/h12-13,17-21,26H,3-11,14-16H2,1-2H3. The molecule has 0 amide bonds. The molecule has 2 saturated heterocycles. The Morgan fingerprint density at radius 2 is 1.50 bits per heavy atom. The summed E-state index contributed by atoms with van der Waals surface area (Å²) in [4.78, 5) is 0. The zero-order valence-electron chi connectivity index (χ0n) is 19.5. The first-order valence-electron chi connectivity index (χ1n) is 12.6. The van der Waals surface area contributed by atoms with Gasteiger partial charge in [-0.3, -0.25) is 0 Å². The molecule has 1 aromatic carbocycles. The lowest BCUT2D eigenvalue weighted by molar-refractivity contribution is -0.240. The summed E-state index contributed by atoms with van der Waals surface area (Å²) in [6.07, 6.45) is 8.36. The smallest absolute Gasteiger partial charge is 0.200 e. The molecule has 1 aromatic rings. The predicted molar refractivity (Wildman–Crippen MR) is 119 cm³/mol. The van der Waals surface area contributed by atoms with Crippen molar-refractivity contribution in [1.82, 2.24) is 0 Å². The Morgan fingerprint density at radius 1 is 0.812 bits per heavy atom. The van der Waals surface area contributed by atoms with Crippen LogP contribution in [-0.2, 0) is 14.2 Å². The van der Waals surface area contributed by atoms with Crippen LogP contribution in [0.4, 0.5) is 8.78 Å². The first kappa shape index (κ1) is 23.9. The molecule has 180 valence electrons. The molecular weight excluding hydrogens is 414 g/mol. The van der Waals surface area contributed by atoms with Crippen LogP contribution >= 0.6 is 0 Å². The topological polar surface area (TPSA) is 36.9 Å². The highest BCUT2D eigenvalue weighted by Gasteiger charge is 2.37. The second-order valence-corrected chi connectivity index (χ2v) is 9.70. The number of hydrogen-bond donors (Lipinski definition) is 0. The lowest BCUT2D eigenvalue weighted by atomic mass is 9.78. The summed E-state index contributed by atoms with van der Waals surface area (Å²) in [5, 5.41) is 0. The van der Waals surface area contributed by atoms with Gasteiger partial charge in [0.1, 0.15) is 0 Å². The van der Waals surface area contributed by atoms with Crippen molar-refractivity contribution in [1.29, 1.82) is 0 Å². The molecule has 2 aliphatic heterocycles. The molecule has 6 heteroatoms. The third-order valence-corrected chi connectivity index (χ3v) is 7.61. The number of rotatable bonds is 7. The van der Waals surface area contributed by atoms with E-state index in [0.29, 0.717) is 36.0 Å². The average molecular weight is 453 g/mol. The molecule has 32 heavy (non-hydrogen) atoms. The maximum Gasteiger partial charge on any atom is 0.200 e. The van der Waals surface area contributed by atoms with Gasteiger partial charge in [0.05, 0.1) is 32.5 Å². The van der Waals surface area contributed by atoms with Gasteiger partial charge in [0, 0.05) is 11.8 Å². The molecule has 3 fully saturated rings. The Labute approximate surface area is 190 Å². The Bertz CT molecular complexity index is 719.